The SMILES string of the molecule is CNC.COC(=O)C1=COC(O)C2C(C)CCC12.COC(=O)C1=COC(OC(=O)N(C)C)C2C(C)CCC12.COC(=O)C1=COC(OC(=O)Oc2ccccc2)C2C(C)CCC12. The summed E-state index contributed by atoms with van der Waals surface area (Å²) in [5, 5.41) is 12.5. The summed E-state index contributed by atoms with van der Waals surface area (Å²) in [7, 11) is 11.1. The Hall–Kier alpha value is -5.29. The van der Waals surface area contributed by atoms with Gasteiger partial charge in [-0.3, -0.25) is 0 Å². The van der Waals surface area contributed by atoms with E-state index in [4.69, 9.17) is 42.6 Å². The molecule has 3 aliphatic carbocycles. The Morgan fingerprint density at radius 3 is 1.42 bits per heavy atom. The van der Waals surface area contributed by atoms with E-state index in [-0.39, 0.29) is 53.4 Å². The molecule has 3 aliphatic heterocycles. The highest BCUT2D eigenvalue weighted by molar-refractivity contribution is 5.90. The lowest BCUT2D eigenvalue weighted by Gasteiger charge is -2.34. The first-order valence-corrected chi connectivity index (χ1v) is 21.0. The molecule has 12 atom stereocenters. The molecule has 1 aromatic carbocycles. The predicted molar refractivity (Wildman–Crippen MR) is 222 cm³/mol. The topological polar surface area (TPSA) is 204 Å². The molecule has 3 saturated carbocycles. The summed E-state index contributed by atoms with van der Waals surface area (Å²) in [6.07, 6.45) is 6.22. The Bertz CT molecular complexity index is 1780. The van der Waals surface area contributed by atoms with E-state index in [0.717, 1.165) is 38.5 Å². The van der Waals surface area contributed by atoms with Gasteiger partial charge in [0, 0.05) is 49.6 Å². The zero-order valence-electron chi connectivity index (χ0n) is 37.4. The molecule has 0 radical (unpaired) electrons. The van der Waals surface area contributed by atoms with Crippen molar-refractivity contribution in [3.63, 3.8) is 0 Å². The van der Waals surface area contributed by atoms with Crippen LogP contribution in [-0.4, -0.2) is 109 Å². The Labute approximate surface area is 364 Å². The van der Waals surface area contributed by atoms with E-state index < -0.39 is 37.1 Å². The molecule has 2 N–H and O–H groups in total. The lowest BCUT2D eigenvalue weighted by Crippen LogP contribution is -2.40. The number of aliphatic hydroxyl groups excluding tert-OH is 1. The van der Waals surface area contributed by atoms with Gasteiger partial charge in [0.25, 0.3) is 6.29 Å². The molecule has 0 saturated heterocycles. The molecule has 1 aromatic rings. The van der Waals surface area contributed by atoms with Gasteiger partial charge in [0.05, 0.1) is 56.8 Å². The zero-order chi connectivity index (χ0) is 45.7. The summed E-state index contributed by atoms with van der Waals surface area (Å²) in [4.78, 5) is 60.2. The first-order valence-electron chi connectivity index (χ1n) is 21.0. The number of ether oxygens (including phenoxy) is 9. The summed E-state index contributed by atoms with van der Waals surface area (Å²) in [6, 6.07) is 8.69. The van der Waals surface area contributed by atoms with E-state index in [2.05, 4.69) is 26.1 Å². The molecule has 344 valence electrons. The van der Waals surface area contributed by atoms with Crippen LogP contribution in [0.1, 0.15) is 59.3 Å². The summed E-state index contributed by atoms with van der Waals surface area (Å²) in [5.74, 6) is 0.305. The second-order valence-corrected chi connectivity index (χ2v) is 16.5. The minimum Gasteiger partial charge on any atom is -0.472 e. The molecular weight excluding hydrogens is 808 g/mol. The van der Waals surface area contributed by atoms with Crippen molar-refractivity contribution < 1.29 is 71.7 Å². The summed E-state index contributed by atoms with van der Waals surface area (Å²) < 4.78 is 46.3. The molecule has 3 heterocycles. The van der Waals surface area contributed by atoms with Crippen molar-refractivity contribution in [2.24, 2.45) is 53.3 Å². The number of carbonyl (C=O) groups is 5. The monoisotopic (exact) mass is 872 g/mol. The van der Waals surface area contributed by atoms with Crippen LogP contribution in [0.15, 0.2) is 65.8 Å². The van der Waals surface area contributed by atoms with Gasteiger partial charge < -0.3 is 58.0 Å². The second kappa shape index (κ2) is 23.2. The number of amides is 1. The molecule has 62 heavy (non-hydrogen) atoms. The van der Waals surface area contributed by atoms with E-state index >= 15 is 0 Å². The van der Waals surface area contributed by atoms with Crippen LogP contribution >= 0.6 is 0 Å². The summed E-state index contributed by atoms with van der Waals surface area (Å²) in [5.41, 5.74) is 1.61. The van der Waals surface area contributed by atoms with Gasteiger partial charge in [0.1, 0.15) is 5.75 Å². The van der Waals surface area contributed by atoms with E-state index in [0.29, 0.717) is 34.3 Å². The number of benzene rings is 1. The van der Waals surface area contributed by atoms with Crippen LogP contribution in [0, 0.1) is 53.3 Å². The molecule has 17 heteroatoms. The maximum Gasteiger partial charge on any atom is 0.516 e. The van der Waals surface area contributed by atoms with Crippen molar-refractivity contribution in [2.75, 3.05) is 49.5 Å². The van der Waals surface area contributed by atoms with Crippen molar-refractivity contribution >= 4 is 30.2 Å². The highest BCUT2D eigenvalue weighted by Crippen LogP contribution is 2.49. The Morgan fingerprint density at radius 1 is 0.613 bits per heavy atom. The summed E-state index contributed by atoms with van der Waals surface area (Å²) in [6.45, 7) is 6.23. The number of carbonyl (C=O) groups excluding carboxylic acids is 5. The molecule has 0 aromatic heterocycles. The largest absolute Gasteiger partial charge is 0.516 e. The number of hydrogen-bond donors (Lipinski definition) is 2. The van der Waals surface area contributed by atoms with Gasteiger partial charge in [-0.15, -0.1) is 0 Å². The fraction of sp³-hybridized carbons (Fsp3) is 0.622. The lowest BCUT2D eigenvalue weighted by atomic mass is 9.83. The van der Waals surface area contributed by atoms with Gasteiger partial charge in [0.2, 0.25) is 6.29 Å². The minimum atomic E-state index is -0.820. The van der Waals surface area contributed by atoms with Gasteiger partial charge in [-0.05, 0) is 82.5 Å². The number of methoxy groups -OCH3 is 3. The van der Waals surface area contributed by atoms with Crippen LogP contribution in [0.4, 0.5) is 9.59 Å². The van der Waals surface area contributed by atoms with Crippen molar-refractivity contribution in [3.8, 4) is 5.75 Å². The molecule has 6 aliphatic rings. The van der Waals surface area contributed by atoms with Crippen molar-refractivity contribution in [2.45, 2.75) is 78.2 Å². The zero-order valence-corrected chi connectivity index (χ0v) is 37.4. The van der Waals surface area contributed by atoms with Crippen LogP contribution in [0.2, 0.25) is 0 Å². The van der Waals surface area contributed by atoms with E-state index in [1.165, 1.54) is 45.0 Å². The number of aliphatic hydroxyl groups is 1. The van der Waals surface area contributed by atoms with Gasteiger partial charge in [-0.1, -0.05) is 39.0 Å². The van der Waals surface area contributed by atoms with Gasteiger partial charge >= 0.3 is 30.2 Å². The normalized spacial score (nSPS) is 30.9. The van der Waals surface area contributed by atoms with Crippen LogP contribution in [0.3, 0.4) is 0 Å². The number of para-hydroxylation sites is 1. The fourth-order valence-corrected chi connectivity index (χ4v) is 9.19. The van der Waals surface area contributed by atoms with Crippen LogP contribution in [0.25, 0.3) is 0 Å². The molecule has 12 unspecified atom stereocenters. The van der Waals surface area contributed by atoms with Gasteiger partial charge in [-0.25, -0.2) is 24.0 Å². The number of hydrogen-bond acceptors (Lipinski definition) is 16. The number of rotatable bonds is 6. The van der Waals surface area contributed by atoms with E-state index in [1.807, 2.05) is 20.2 Å². The highest BCUT2D eigenvalue weighted by Gasteiger charge is 2.50. The second-order valence-electron chi connectivity index (χ2n) is 16.5. The Morgan fingerprint density at radius 2 is 1.00 bits per heavy atom. The lowest BCUT2D eigenvalue weighted by molar-refractivity contribution is -0.148. The first-order chi connectivity index (χ1) is 29.6. The highest BCUT2D eigenvalue weighted by atomic mass is 16.8. The third-order valence-electron chi connectivity index (χ3n) is 12.3. The van der Waals surface area contributed by atoms with Crippen molar-refractivity contribution in [3.05, 3.63) is 65.8 Å². The predicted octanol–water partition coefficient (Wildman–Crippen LogP) is 5.93. The standard InChI is InChI=1S/C18H20O6.C14H21NO5.C11H16O4.C2H7N/c1-11-8-9-13-14(16(19)21-2)10-22-17(15(11)13)24-18(20)23-12-6-4-3-5-7-12;1-8-5-6-9-10(12(16)18-4)7-19-13(11(8)9)20-14(17)15(2)3;1-6-3-4-7-8(10(12)14-2)5-15-11(13)9(6)7;1-3-2/h3-7,10-11,13,15,17H,8-9H2,1-2H3;7-9,11,13H,5-6H2,1-4H3;5-7,9,11,13H,3-4H2,1-2H3;3H,1-2H3. The Balaban J connectivity index is 0.000000203. The number of nitrogens with one attached hydrogen (secondary N) is 1. The number of esters is 3. The van der Waals surface area contributed by atoms with Crippen LogP contribution in [0.5, 0.6) is 5.75 Å². The van der Waals surface area contributed by atoms with Crippen molar-refractivity contribution in [1.82, 2.24) is 10.2 Å². The third-order valence-corrected chi connectivity index (χ3v) is 12.3. The third kappa shape index (κ3) is 12.0. The van der Waals surface area contributed by atoms with Crippen molar-refractivity contribution in [1.29, 1.82) is 0 Å². The minimum absolute atomic E-state index is 0.00185. The van der Waals surface area contributed by atoms with E-state index in [1.54, 1.807) is 38.4 Å². The molecule has 7 rings (SSSR count). The molecule has 1 amide bonds. The van der Waals surface area contributed by atoms with Crippen LogP contribution < -0.4 is 10.1 Å². The van der Waals surface area contributed by atoms with Gasteiger partial charge in [0.15, 0.2) is 6.29 Å². The quantitative estimate of drug-likeness (QED) is 0.193. The Kier molecular flexibility index (Phi) is 18.5. The first kappa shape index (κ1) is 49.4. The smallest absolute Gasteiger partial charge is 0.472 e. The average Bonchev–Trinajstić information content (AvgIpc) is 3.98. The molecule has 0 spiro atoms. The van der Waals surface area contributed by atoms with Crippen LogP contribution in [-0.2, 0) is 52.3 Å². The maximum absolute atomic E-state index is 12.0. The van der Waals surface area contributed by atoms with Gasteiger partial charge in [-0.2, -0.15) is 0 Å². The molecule has 17 nitrogen and oxygen atoms in total. The molecule has 0 bridgehead atoms. The maximum atomic E-state index is 12.0. The molecule has 3 fully saturated rings. The summed E-state index contributed by atoms with van der Waals surface area (Å²) >= 11 is 0. The number of nitrogens with zero attached hydrogens (tertiary/aromatic N) is 1. The fourth-order valence-electron chi connectivity index (χ4n) is 9.19. The average molecular weight is 873 g/mol. The number of fused-ring (bicyclic) bond motifs is 3. The molecular formula is C45H64N2O15. The van der Waals surface area contributed by atoms with E-state index in [9.17, 15) is 29.1 Å².